The molecule has 0 aliphatic carbocycles. The summed E-state index contributed by atoms with van der Waals surface area (Å²) in [6, 6.07) is 10.6. The summed E-state index contributed by atoms with van der Waals surface area (Å²) < 4.78 is 7.62. The predicted molar refractivity (Wildman–Crippen MR) is 111 cm³/mol. The maximum atomic E-state index is 9.79. The molecule has 1 saturated heterocycles. The lowest BCUT2D eigenvalue weighted by Gasteiger charge is -2.26. The van der Waals surface area contributed by atoms with Crippen molar-refractivity contribution in [2.75, 3.05) is 44.7 Å². The van der Waals surface area contributed by atoms with Gasteiger partial charge < -0.3 is 10.1 Å². The monoisotopic (exact) mass is 378 g/mol. The second kappa shape index (κ2) is 8.17. The standard InChI is InChI=1S/C22H27N5O/c1-3-17-16(2)18(15-23)22-25-19-7-4-5-8-20(19)27(22)21(17)24-9-6-10-26-11-13-28-14-12-26/h4-5,7-8H,3,6,9-14H2,1-2H3,(H,24,25)/p+1. The molecule has 1 aliphatic rings. The van der Waals surface area contributed by atoms with Crippen molar-refractivity contribution >= 4 is 22.5 Å². The fourth-order valence-electron chi connectivity index (χ4n) is 4.22. The van der Waals surface area contributed by atoms with E-state index in [9.17, 15) is 5.26 Å². The van der Waals surface area contributed by atoms with Gasteiger partial charge in [-0.1, -0.05) is 19.1 Å². The summed E-state index contributed by atoms with van der Waals surface area (Å²) in [7, 11) is 0. The number of hydrogen-bond donors (Lipinski definition) is 2. The van der Waals surface area contributed by atoms with Gasteiger partial charge in [0.15, 0.2) is 0 Å². The predicted octanol–water partition coefficient (Wildman–Crippen LogP) is 2.78. The van der Waals surface area contributed by atoms with E-state index in [1.807, 2.05) is 12.1 Å². The molecule has 3 aromatic rings. The molecule has 6 nitrogen and oxygen atoms in total. The van der Waals surface area contributed by atoms with Crippen LogP contribution >= 0.6 is 0 Å². The molecule has 1 aromatic carbocycles. The van der Waals surface area contributed by atoms with E-state index in [4.69, 9.17) is 4.74 Å². The van der Waals surface area contributed by atoms with E-state index >= 15 is 0 Å². The third-order valence-electron chi connectivity index (χ3n) is 5.71. The average Bonchev–Trinajstić information content (AvgIpc) is 3.11. The molecule has 28 heavy (non-hydrogen) atoms. The van der Waals surface area contributed by atoms with E-state index in [-0.39, 0.29) is 0 Å². The molecule has 1 fully saturated rings. The van der Waals surface area contributed by atoms with Crippen LogP contribution in [-0.2, 0) is 11.2 Å². The summed E-state index contributed by atoms with van der Waals surface area (Å²) in [6.45, 7) is 9.93. The van der Waals surface area contributed by atoms with Crippen molar-refractivity contribution in [3.05, 3.63) is 41.0 Å². The zero-order valence-corrected chi connectivity index (χ0v) is 16.7. The molecule has 4 rings (SSSR count). The van der Waals surface area contributed by atoms with Crippen LogP contribution in [0.25, 0.3) is 16.7 Å². The first-order valence-corrected chi connectivity index (χ1v) is 10.2. The maximum Gasteiger partial charge on any atom is 0.250 e. The van der Waals surface area contributed by atoms with Gasteiger partial charge in [-0.05, 0) is 37.5 Å². The van der Waals surface area contributed by atoms with E-state index in [2.05, 4.69) is 51.7 Å². The number of anilines is 1. The molecule has 0 amide bonds. The Morgan fingerprint density at radius 1 is 1.29 bits per heavy atom. The molecular weight excluding hydrogens is 350 g/mol. The van der Waals surface area contributed by atoms with Crippen LogP contribution in [-0.4, -0.2) is 49.3 Å². The zero-order chi connectivity index (χ0) is 19.5. The highest BCUT2D eigenvalue weighted by Crippen LogP contribution is 2.25. The first-order chi connectivity index (χ1) is 13.7. The highest BCUT2D eigenvalue weighted by Gasteiger charge is 2.24. The smallest absolute Gasteiger partial charge is 0.250 e. The molecule has 146 valence electrons. The lowest BCUT2D eigenvalue weighted by Crippen LogP contribution is -2.37. The average molecular weight is 379 g/mol. The fourth-order valence-corrected chi connectivity index (χ4v) is 4.22. The highest BCUT2D eigenvalue weighted by molar-refractivity contribution is 5.78. The van der Waals surface area contributed by atoms with Gasteiger partial charge in [-0.2, -0.15) is 9.66 Å². The number of aromatic nitrogens is 2. The quantitative estimate of drug-likeness (QED) is 0.511. The van der Waals surface area contributed by atoms with Gasteiger partial charge in [-0.15, -0.1) is 0 Å². The van der Waals surface area contributed by atoms with E-state index in [0.29, 0.717) is 0 Å². The molecule has 0 atom stereocenters. The van der Waals surface area contributed by atoms with Crippen LogP contribution in [0.15, 0.2) is 24.3 Å². The number of rotatable bonds is 6. The van der Waals surface area contributed by atoms with E-state index in [1.54, 1.807) is 0 Å². The van der Waals surface area contributed by atoms with Crippen LogP contribution in [0.4, 0.5) is 5.82 Å². The Kier molecular flexibility index (Phi) is 5.47. The lowest BCUT2D eigenvalue weighted by molar-refractivity contribution is -0.465. The minimum Gasteiger partial charge on any atom is -0.379 e. The van der Waals surface area contributed by atoms with Gasteiger partial charge in [0.2, 0.25) is 11.5 Å². The van der Waals surface area contributed by atoms with Crippen molar-refractivity contribution in [3.63, 3.8) is 0 Å². The Hall–Kier alpha value is -2.62. The molecule has 1 aliphatic heterocycles. The molecule has 6 heteroatoms. The summed E-state index contributed by atoms with van der Waals surface area (Å²) in [5.41, 5.74) is 6.01. The normalized spacial score (nSPS) is 15.2. The van der Waals surface area contributed by atoms with Gasteiger partial charge >= 0.3 is 0 Å². The minimum atomic E-state index is 0.729. The summed E-state index contributed by atoms with van der Waals surface area (Å²) in [5.74, 6) is 1.11. The summed E-state index contributed by atoms with van der Waals surface area (Å²) in [4.78, 5) is 5.91. The van der Waals surface area contributed by atoms with Crippen LogP contribution in [0, 0.1) is 18.3 Å². The SMILES string of the molecule is CCc1c(C)c(C#N)c2[nH]c3ccccc3[n+]2c1NCCCN1CCOCC1. The maximum absolute atomic E-state index is 9.79. The molecule has 2 N–H and O–H groups in total. The van der Waals surface area contributed by atoms with Crippen molar-refractivity contribution in [2.24, 2.45) is 0 Å². The first kappa shape index (κ1) is 18.7. The third kappa shape index (κ3) is 3.32. The number of morpholine rings is 1. The molecule has 0 radical (unpaired) electrons. The molecule has 0 bridgehead atoms. The summed E-state index contributed by atoms with van der Waals surface area (Å²) >= 11 is 0. The number of nitrogens with zero attached hydrogens (tertiary/aromatic N) is 3. The Labute approximate surface area is 165 Å². The second-order valence-electron chi connectivity index (χ2n) is 7.35. The lowest BCUT2D eigenvalue weighted by atomic mass is 10.0. The van der Waals surface area contributed by atoms with Gasteiger partial charge in [-0.3, -0.25) is 9.88 Å². The number of fused-ring (bicyclic) bond motifs is 3. The van der Waals surface area contributed by atoms with Gasteiger partial charge in [0, 0.05) is 25.2 Å². The van der Waals surface area contributed by atoms with Crippen LogP contribution in [0.5, 0.6) is 0 Å². The van der Waals surface area contributed by atoms with Gasteiger partial charge in [0.25, 0.3) is 0 Å². The van der Waals surface area contributed by atoms with Crippen molar-refractivity contribution in [1.82, 2.24) is 9.88 Å². The number of imidazole rings is 1. The van der Waals surface area contributed by atoms with Crippen molar-refractivity contribution in [2.45, 2.75) is 26.7 Å². The molecule has 0 saturated carbocycles. The van der Waals surface area contributed by atoms with Crippen LogP contribution in [0.1, 0.15) is 30.0 Å². The summed E-state index contributed by atoms with van der Waals surface area (Å²) in [5, 5.41) is 13.5. The highest BCUT2D eigenvalue weighted by atomic mass is 16.5. The summed E-state index contributed by atoms with van der Waals surface area (Å²) in [6.07, 6.45) is 1.96. The topological polar surface area (TPSA) is 68.2 Å². The fraction of sp³-hybridized carbons (Fsp3) is 0.455. The number of hydrogen-bond acceptors (Lipinski definition) is 4. The Morgan fingerprint density at radius 3 is 2.82 bits per heavy atom. The van der Waals surface area contributed by atoms with Crippen LogP contribution in [0.3, 0.4) is 0 Å². The number of para-hydroxylation sites is 2. The van der Waals surface area contributed by atoms with Gasteiger partial charge in [-0.25, -0.2) is 0 Å². The Morgan fingerprint density at radius 2 is 2.07 bits per heavy atom. The largest absolute Gasteiger partial charge is 0.379 e. The minimum absolute atomic E-state index is 0.729. The molecule has 0 unspecified atom stereocenters. The molecular formula is C22H28N5O+. The number of pyridine rings is 1. The number of benzene rings is 1. The van der Waals surface area contributed by atoms with E-state index in [0.717, 1.165) is 85.9 Å². The molecule has 0 spiro atoms. The Balaban J connectivity index is 1.68. The molecule has 2 aromatic heterocycles. The number of ether oxygens (including phenoxy) is 1. The van der Waals surface area contributed by atoms with Crippen LogP contribution < -0.4 is 9.72 Å². The first-order valence-electron chi connectivity index (χ1n) is 10.2. The van der Waals surface area contributed by atoms with Crippen LogP contribution in [0.2, 0.25) is 0 Å². The van der Waals surface area contributed by atoms with Gasteiger partial charge in [0.1, 0.15) is 22.7 Å². The Bertz CT molecular complexity index is 1030. The number of nitrogens with one attached hydrogen (secondary N) is 2. The number of aromatic amines is 1. The number of H-pyrrole nitrogens is 1. The van der Waals surface area contributed by atoms with Gasteiger partial charge in [0.05, 0.1) is 19.8 Å². The van der Waals surface area contributed by atoms with Crippen molar-refractivity contribution in [3.8, 4) is 6.07 Å². The van der Waals surface area contributed by atoms with E-state index in [1.165, 1.54) is 5.56 Å². The third-order valence-corrected chi connectivity index (χ3v) is 5.71. The van der Waals surface area contributed by atoms with Crippen molar-refractivity contribution < 1.29 is 9.14 Å². The number of nitriles is 1. The second-order valence-corrected chi connectivity index (χ2v) is 7.35. The van der Waals surface area contributed by atoms with Crippen molar-refractivity contribution in [1.29, 1.82) is 5.26 Å². The zero-order valence-electron chi connectivity index (χ0n) is 16.7. The molecule has 3 heterocycles. The van der Waals surface area contributed by atoms with E-state index < -0.39 is 0 Å².